The maximum absolute atomic E-state index is 12.5. The monoisotopic (exact) mass is 686 g/mol. The Labute approximate surface area is 298 Å². The van der Waals surface area contributed by atoms with Gasteiger partial charge in [-0.25, -0.2) is 0 Å². The van der Waals surface area contributed by atoms with E-state index in [4.69, 9.17) is 28.4 Å². The van der Waals surface area contributed by atoms with Crippen molar-refractivity contribution in [2.24, 2.45) is 0 Å². The first kappa shape index (κ1) is 35.7. The van der Waals surface area contributed by atoms with Crippen LogP contribution >= 0.6 is 0 Å². The van der Waals surface area contributed by atoms with Crippen molar-refractivity contribution in [3.63, 3.8) is 0 Å². The maximum atomic E-state index is 12.5. The van der Waals surface area contributed by atoms with E-state index in [-0.39, 0.29) is 19.8 Å². The maximum Gasteiger partial charge on any atom is 0.305 e. The molecule has 0 spiro atoms. The van der Waals surface area contributed by atoms with Gasteiger partial charge in [-0.15, -0.1) is 0 Å². The summed E-state index contributed by atoms with van der Waals surface area (Å²) in [4.78, 5) is 25.0. The third-order valence-corrected chi connectivity index (χ3v) is 8.75. The SMILES string of the molecule is CC(=O)O[C@H]1O[C@@H](COC(c2ccccc2)(c2ccccc2)c2ccccc2)[C@@H](OCc2ccccc2)[C@H](OCc2ccccc2)[C@H]1OC(C)=O. The van der Waals surface area contributed by atoms with Gasteiger partial charge in [-0.2, -0.15) is 0 Å². The fraction of sp³-hybridized carbons (Fsp3) is 0.256. The first-order valence-corrected chi connectivity index (χ1v) is 17.1. The Morgan fingerprint density at radius 1 is 0.529 bits per heavy atom. The lowest BCUT2D eigenvalue weighted by atomic mass is 9.80. The molecule has 0 radical (unpaired) electrons. The zero-order valence-electron chi connectivity index (χ0n) is 28.7. The number of ether oxygens (including phenoxy) is 6. The topological polar surface area (TPSA) is 89.5 Å². The Balaban J connectivity index is 1.43. The second-order valence-corrected chi connectivity index (χ2v) is 12.3. The summed E-state index contributed by atoms with van der Waals surface area (Å²) in [7, 11) is 0. The number of carbonyl (C=O) groups excluding carboxylic acids is 2. The smallest absolute Gasteiger partial charge is 0.305 e. The van der Waals surface area contributed by atoms with Crippen molar-refractivity contribution in [1.82, 2.24) is 0 Å². The number of hydrogen-bond acceptors (Lipinski definition) is 8. The lowest BCUT2D eigenvalue weighted by molar-refractivity contribution is -0.314. The van der Waals surface area contributed by atoms with Gasteiger partial charge in [-0.3, -0.25) is 9.59 Å². The Bertz CT molecular complexity index is 1710. The molecule has 8 nitrogen and oxygen atoms in total. The van der Waals surface area contributed by atoms with Crippen LogP contribution in [0, 0.1) is 0 Å². The van der Waals surface area contributed by atoms with Gasteiger partial charge in [0.05, 0.1) is 19.8 Å². The molecule has 1 aliphatic rings. The van der Waals surface area contributed by atoms with E-state index in [1.165, 1.54) is 13.8 Å². The Hall–Kier alpha value is -5.12. The third-order valence-electron chi connectivity index (χ3n) is 8.75. The van der Waals surface area contributed by atoms with Crippen LogP contribution in [-0.4, -0.2) is 49.3 Å². The van der Waals surface area contributed by atoms with E-state index >= 15 is 0 Å². The fourth-order valence-electron chi connectivity index (χ4n) is 6.49. The van der Waals surface area contributed by atoms with Crippen molar-refractivity contribution in [2.45, 2.75) is 63.4 Å². The number of benzene rings is 5. The number of carbonyl (C=O) groups is 2. The molecule has 5 aromatic rings. The molecule has 51 heavy (non-hydrogen) atoms. The van der Waals surface area contributed by atoms with Crippen LogP contribution in [0.1, 0.15) is 41.7 Å². The van der Waals surface area contributed by atoms with Gasteiger partial charge in [0.15, 0.2) is 6.10 Å². The molecule has 5 atom stereocenters. The zero-order valence-corrected chi connectivity index (χ0v) is 28.7. The lowest BCUT2D eigenvalue weighted by Crippen LogP contribution is -2.62. The van der Waals surface area contributed by atoms with E-state index in [9.17, 15) is 9.59 Å². The van der Waals surface area contributed by atoms with Crippen LogP contribution in [0.5, 0.6) is 0 Å². The molecule has 0 amide bonds. The molecule has 0 bridgehead atoms. The first-order chi connectivity index (χ1) is 24.9. The van der Waals surface area contributed by atoms with Gasteiger partial charge in [-0.05, 0) is 27.8 Å². The molecular formula is C43H42O8. The van der Waals surface area contributed by atoms with Crippen LogP contribution < -0.4 is 0 Å². The number of rotatable bonds is 14. The van der Waals surface area contributed by atoms with Crippen molar-refractivity contribution in [3.8, 4) is 0 Å². The third kappa shape index (κ3) is 8.79. The summed E-state index contributed by atoms with van der Waals surface area (Å²) in [6.07, 6.45) is -5.01. The molecule has 1 saturated heterocycles. The lowest BCUT2D eigenvalue weighted by Gasteiger charge is -2.46. The molecule has 0 unspecified atom stereocenters. The van der Waals surface area contributed by atoms with E-state index in [1.54, 1.807) is 0 Å². The predicted molar refractivity (Wildman–Crippen MR) is 191 cm³/mol. The molecule has 0 saturated carbocycles. The summed E-state index contributed by atoms with van der Waals surface area (Å²) >= 11 is 0. The van der Waals surface area contributed by atoms with E-state index in [2.05, 4.69) is 0 Å². The Kier molecular flexibility index (Phi) is 12.0. The van der Waals surface area contributed by atoms with Crippen molar-refractivity contribution >= 4 is 11.9 Å². The van der Waals surface area contributed by atoms with Gasteiger partial charge in [0.25, 0.3) is 0 Å². The van der Waals surface area contributed by atoms with E-state index in [1.807, 2.05) is 152 Å². The van der Waals surface area contributed by atoms with Gasteiger partial charge in [0.2, 0.25) is 6.29 Å². The minimum Gasteiger partial charge on any atom is -0.453 e. The largest absolute Gasteiger partial charge is 0.453 e. The zero-order chi connectivity index (χ0) is 35.5. The Morgan fingerprint density at radius 3 is 1.33 bits per heavy atom. The van der Waals surface area contributed by atoms with Crippen molar-refractivity contribution in [1.29, 1.82) is 0 Å². The molecule has 1 aliphatic heterocycles. The summed E-state index contributed by atoms with van der Waals surface area (Å²) in [5.41, 5.74) is 3.49. The molecule has 5 aromatic carbocycles. The molecule has 8 heteroatoms. The molecule has 0 aromatic heterocycles. The molecule has 6 rings (SSSR count). The van der Waals surface area contributed by atoms with Crippen LogP contribution in [0.3, 0.4) is 0 Å². The summed E-state index contributed by atoms with van der Waals surface area (Å²) in [5.74, 6) is -1.18. The summed E-state index contributed by atoms with van der Waals surface area (Å²) in [5, 5.41) is 0. The summed E-state index contributed by atoms with van der Waals surface area (Å²) in [6, 6.07) is 49.4. The van der Waals surface area contributed by atoms with Gasteiger partial charge in [0, 0.05) is 13.8 Å². The van der Waals surface area contributed by atoms with E-state index in [0.29, 0.717) is 0 Å². The summed E-state index contributed by atoms with van der Waals surface area (Å²) < 4.78 is 38.5. The van der Waals surface area contributed by atoms with E-state index in [0.717, 1.165) is 27.8 Å². The van der Waals surface area contributed by atoms with Gasteiger partial charge >= 0.3 is 11.9 Å². The normalized spacial score (nSPS) is 20.3. The molecule has 0 N–H and O–H groups in total. The molecule has 0 aliphatic carbocycles. The van der Waals surface area contributed by atoms with Crippen LogP contribution in [-0.2, 0) is 56.8 Å². The minimum atomic E-state index is -1.29. The number of hydrogen-bond donors (Lipinski definition) is 0. The number of esters is 2. The first-order valence-electron chi connectivity index (χ1n) is 17.1. The van der Waals surface area contributed by atoms with E-state index < -0.39 is 48.2 Å². The highest BCUT2D eigenvalue weighted by molar-refractivity contribution is 5.67. The summed E-state index contributed by atoms with van der Waals surface area (Å²) in [6.45, 7) is 2.94. The average molecular weight is 687 g/mol. The van der Waals surface area contributed by atoms with Gasteiger partial charge in [0.1, 0.15) is 23.9 Å². The van der Waals surface area contributed by atoms with Crippen molar-refractivity contribution < 1.29 is 38.0 Å². The highest BCUT2D eigenvalue weighted by atomic mass is 16.7. The van der Waals surface area contributed by atoms with Crippen molar-refractivity contribution in [3.05, 3.63) is 179 Å². The van der Waals surface area contributed by atoms with Gasteiger partial charge in [-0.1, -0.05) is 152 Å². The second-order valence-electron chi connectivity index (χ2n) is 12.3. The van der Waals surface area contributed by atoms with Crippen LogP contribution in [0.25, 0.3) is 0 Å². The molecule has 1 fully saturated rings. The highest BCUT2D eigenvalue weighted by Gasteiger charge is 2.52. The van der Waals surface area contributed by atoms with Crippen molar-refractivity contribution in [2.75, 3.05) is 6.61 Å². The standard InChI is InChI=1S/C43H42O8/c1-31(44)49-41-40(47-29-34-20-10-4-11-21-34)39(46-28-33-18-8-3-9-19-33)38(51-42(41)50-32(2)45)30-48-43(35-22-12-5-13-23-35,36-24-14-6-15-25-36)37-26-16-7-17-27-37/h3-27,38-42H,28-30H2,1-2H3/t38-,39+,40-,41+,42-/m0/s1. The average Bonchev–Trinajstić information content (AvgIpc) is 3.16. The fourth-order valence-corrected chi connectivity index (χ4v) is 6.49. The molecule has 262 valence electrons. The Morgan fingerprint density at radius 2 is 0.922 bits per heavy atom. The molecule has 1 heterocycles. The second kappa shape index (κ2) is 17.2. The minimum absolute atomic E-state index is 0.0199. The quantitative estimate of drug-likeness (QED) is 0.0883. The predicted octanol–water partition coefficient (Wildman–Crippen LogP) is 7.39. The highest BCUT2D eigenvalue weighted by Crippen LogP contribution is 2.41. The molecular weight excluding hydrogens is 644 g/mol. The van der Waals surface area contributed by atoms with Crippen LogP contribution in [0.4, 0.5) is 0 Å². The van der Waals surface area contributed by atoms with Crippen LogP contribution in [0.15, 0.2) is 152 Å². The van der Waals surface area contributed by atoms with Gasteiger partial charge < -0.3 is 28.4 Å². The van der Waals surface area contributed by atoms with Crippen LogP contribution in [0.2, 0.25) is 0 Å².